The molecule has 3 rings (SSSR count). The molecular weight excluding hydrogens is 426 g/mol. The Bertz CT molecular complexity index is 927. The number of amides is 3. The SMILES string of the molecule is COc1cccc(OC[C@H]2c3ccsc3CCN2C(=O)CN(C(=O)NC(C)C)C(C)C)c1. The number of urea groups is 1. The third-order valence-corrected chi connectivity index (χ3v) is 6.46. The molecule has 2 heterocycles. The second kappa shape index (κ2) is 10.7. The molecule has 0 saturated carbocycles. The molecule has 1 aromatic carbocycles. The van der Waals surface area contributed by atoms with E-state index in [1.54, 1.807) is 23.3 Å². The van der Waals surface area contributed by atoms with Crippen LogP contribution in [-0.2, 0) is 11.2 Å². The fraction of sp³-hybridized carbons (Fsp3) is 0.500. The van der Waals surface area contributed by atoms with Crippen molar-refractivity contribution in [3.05, 3.63) is 46.2 Å². The first kappa shape index (κ1) is 23.9. The van der Waals surface area contributed by atoms with Crippen molar-refractivity contribution in [3.8, 4) is 11.5 Å². The lowest BCUT2D eigenvalue weighted by Crippen LogP contribution is -2.52. The van der Waals surface area contributed by atoms with E-state index >= 15 is 0 Å². The largest absolute Gasteiger partial charge is 0.497 e. The number of rotatable bonds is 8. The third kappa shape index (κ3) is 5.73. The van der Waals surface area contributed by atoms with Gasteiger partial charge >= 0.3 is 6.03 Å². The van der Waals surface area contributed by atoms with Crippen LogP contribution in [0.2, 0.25) is 0 Å². The molecule has 0 saturated heterocycles. The van der Waals surface area contributed by atoms with E-state index in [2.05, 4.69) is 16.8 Å². The van der Waals surface area contributed by atoms with Crippen LogP contribution < -0.4 is 14.8 Å². The third-order valence-electron chi connectivity index (χ3n) is 5.47. The lowest BCUT2D eigenvalue weighted by atomic mass is 10.0. The number of benzene rings is 1. The summed E-state index contributed by atoms with van der Waals surface area (Å²) in [5.41, 5.74) is 1.13. The zero-order chi connectivity index (χ0) is 23.3. The van der Waals surface area contributed by atoms with Crippen LogP contribution in [0.3, 0.4) is 0 Å². The zero-order valence-electron chi connectivity index (χ0n) is 19.5. The van der Waals surface area contributed by atoms with E-state index in [4.69, 9.17) is 9.47 Å². The summed E-state index contributed by atoms with van der Waals surface area (Å²) in [7, 11) is 1.62. The van der Waals surface area contributed by atoms with Gasteiger partial charge in [0.25, 0.3) is 0 Å². The first-order chi connectivity index (χ1) is 15.3. The monoisotopic (exact) mass is 459 g/mol. The van der Waals surface area contributed by atoms with Crippen molar-refractivity contribution >= 4 is 23.3 Å². The minimum atomic E-state index is -0.222. The maximum atomic E-state index is 13.4. The Balaban J connectivity index is 1.77. The van der Waals surface area contributed by atoms with Crippen LogP contribution >= 0.6 is 11.3 Å². The molecule has 1 atom stereocenters. The number of hydrogen-bond acceptors (Lipinski definition) is 5. The molecular formula is C24H33N3O4S. The number of hydrogen-bond donors (Lipinski definition) is 1. The molecule has 0 bridgehead atoms. The van der Waals surface area contributed by atoms with E-state index in [-0.39, 0.29) is 36.6 Å². The molecule has 0 radical (unpaired) electrons. The number of methoxy groups -OCH3 is 1. The fourth-order valence-corrected chi connectivity index (χ4v) is 4.72. The highest BCUT2D eigenvalue weighted by molar-refractivity contribution is 7.10. The smallest absolute Gasteiger partial charge is 0.318 e. The summed E-state index contributed by atoms with van der Waals surface area (Å²) in [4.78, 5) is 30.7. The number of thiophene rings is 1. The minimum absolute atomic E-state index is 0.00576. The summed E-state index contributed by atoms with van der Waals surface area (Å²) in [6.45, 7) is 8.64. The standard InChI is InChI=1S/C24H33N3O4S/c1-16(2)25-24(29)27(17(3)4)14-23(28)26-11-9-22-20(10-12-32-22)21(26)15-31-19-8-6-7-18(13-19)30-5/h6-8,10,12-13,16-17,21H,9,11,14-15H2,1-5H3,(H,25,29)/t21-/m0/s1. The molecule has 8 heteroatoms. The Labute approximate surface area is 194 Å². The van der Waals surface area contributed by atoms with Crippen molar-refractivity contribution in [1.29, 1.82) is 0 Å². The number of carbonyl (C=O) groups excluding carboxylic acids is 2. The van der Waals surface area contributed by atoms with Gasteiger partial charge in [-0.2, -0.15) is 0 Å². The average Bonchev–Trinajstić information content (AvgIpc) is 3.24. The first-order valence-corrected chi connectivity index (χ1v) is 11.9. The number of nitrogens with zero attached hydrogens (tertiary/aromatic N) is 2. The molecule has 0 unspecified atom stereocenters. The van der Waals surface area contributed by atoms with Crippen LogP contribution in [0.4, 0.5) is 4.79 Å². The van der Waals surface area contributed by atoms with Crippen LogP contribution in [0.25, 0.3) is 0 Å². The van der Waals surface area contributed by atoms with Gasteiger partial charge in [-0.15, -0.1) is 11.3 Å². The Kier molecular flexibility index (Phi) is 8.01. The average molecular weight is 460 g/mol. The number of nitrogens with one attached hydrogen (secondary N) is 1. The van der Waals surface area contributed by atoms with Gasteiger partial charge in [0.1, 0.15) is 24.7 Å². The van der Waals surface area contributed by atoms with Crippen LogP contribution in [0.1, 0.15) is 44.2 Å². The summed E-state index contributed by atoms with van der Waals surface area (Å²) >= 11 is 1.71. The van der Waals surface area contributed by atoms with Gasteiger partial charge in [-0.1, -0.05) is 6.07 Å². The summed E-state index contributed by atoms with van der Waals surface area (Å²) in [5, 5.41) is 4.96. The van der Waals surface area contributed by atoms with Gasteiger partial charge in [0.2, 0.25) is 5.91 Å². The highest BCUT2D eigenvalue weighted by Gasteiger charge is 2.34. The Hall–Kier alpha value is -2.74. The van der Waals surface area contributed by atoms with E-state index in [1.165, 1.54) is 4.88 Å². The maximum Gasteiger partial charge on any atom is 0.318 e. The van der Waals surface area contributed by atoms with Crippen LogP contribution in [0, 0.1) is 0 Å². The molecule has 3 amide bonds. The van der Waals surface area contributed by atoms with Crippen molar-refractivity contribution < 1.29 is 19.1 Å². The van der Waals surface area contributed by atoms with Crippen LogP contribution in [0.5, 0.6) is 11.5 Å². The topological polar surface area (TPSA) is 71.1 Å². The Morgan fingerprint density at radius 1 is 1.22 bits per heavy atom. The van der Waals surface area contributed by atoms with Crippen molar-refractivity contribution in [2.24, 2.45) is 0 Å². The van der Waals surface area contributed by atoms with Crippen LogP contribution in [0.15, 0.2) is 35.7 Å². The van der Waals surface area contributed by atoms with Gasteiger partial charge < -0.3 is 24.6 Å². The highest BCUT2D eigenvalue weighted by atomic mass is 32.1. The molecule has 0 spiro atoms. The minimum Gasteiger partial charge on any atom is -0.497 e. The van der Waals surface area contributed by atoms with E-state index in [9.17, 15) is 9.59 Å². The highest BCUT2D eigenvalue weighted by Crippen LogP contribution is 2.34. The number of fused-ring (bicyclic) bond motifs is 1. The van der Waals surface area contributed by atoms with Gasteiger partial charge in [-0.05, 0) is 63.3 Å². The summed E-state index contributed by atoms with van der Waals surface area (Å²) in [6, 6.07) is 9.02. The normalized spacial score (nSPS) is 15.5. The maximum absolute atomic E-state index is 13.4. The molecule has 0 fully saturated rings. The molecule has 7 nitrogen and oxygen atoms in total. The quantitative estimate of drug-likeness (QED) is 0.646. The summed E-state index contributed by atoms with van der Waals surface area (Å²) < 4.78 is 11.4. The van der Waals surface area contributed by atoms with Gasteiger partial charge in [-0.25, -0.2) is 4.79 Å². The molecule has 0 aliphatic carbocycles. The number of ether oxygens (including phenoxy) is 2. The second-order valence-corrected chi connectivity index (χ2v) is 9.47. The van der Waals surface area contributed by atoms with Crippen molar-refractivity contribution in [2.45, 2.75) is 52.2 Å². The first-order valence-electron chi connectivity index (χ1n) is 11.0. The van der Waals surface area contributed by atoms with Crippen LogP contribution in [-0.4, -0.2) is 60.6 Å². The Morgan fingerprint density at radius 3 is 2.66 bits per heavy atom. The molecule has 1 aliphatic rings. The lowest BCUT2D eigenvalue weighted by Gasteiger charge is -2.37. The molecule has 32 heavy (non-hydrogen) atoms. The second-order valence-electron chi connectivity index (χ2n) is 8.47. The fourth-order valence-electron chi connectivity index (χ4n) is 3.80. The predicted octanol–water partition coefficient (Wildman–Crippen LogP) is 4.09. The Morgan fingerprint density at radius 2 is 1.97 bits per heavy atom. The van der Waals surface area contributed by atoms with Crippen molar-refractivity contribution in [1.82, 2.24) is 15.1 Å². The molecule has 2 aromatic rings. The van der Waals surface area contributed by atoms with E-state index in [0.29, 0.717) is 18.9 Å². The molecule has 1 aromatic heterocycles. The van der Waals surface area contributed by atoms with Gasteiger partial charge in [0.15, 0.2) is 0 Å². The van der Waals surface area contributed by atoms with Crippen molar-refractivity contribution in [2.75, 3.05) is 26.8 Å². The number of carbonyl (C=O) groups is 2. The molecule has 174 valence electrons. The van der Waals surface area contributed by atoms with E-state index in [0.717, 1.165) is 17.7 Å². The zero-order valence-corrected chi connectivity index (χ0v) is 20.3. The van der Waals surface area contributed by atoms with E-state index in [1.807, 2.05) is 56.9 Å². The van der Waals surface area contributed by atoms with Crippen molar-refractivity contribution in [3.63, 3.8) is 0 Å². The lowest BCUT2D eigenvalue weighted by molar-refractivity contribution is -0.135. The summed E-state index contributed by atoms with van der Waals surface area (Å²) in [5.74, 6) is 1.34. The molecule has 1 N–H and O–H groups in total. The van der Waals surface area contributed by atoms with Gasteiger partial charge in [-0.3, -0.25) is 4.79 Å². The predicted molar refractivity (Wildman–Crippen MR) is 126 cm³/mol. The van der Waals surface area contributed by atoms with E-state index < -0.39 is 0 Å². The van der Waals surface area contributed by atoms with Gasteiger partial charge in [0.05, 0.1) is 13.2 Å². The van der Waals surface area contributed by atoms with Gasteiger partial charge in [0, 0.05) is 29.6 Å². The molecule has 1 aliphatic heterocycles. The summed E-state index contributed by atoms with van der Waals surface area (Å²) in [6.07, 6.45) is 0.814.